The minimum atomic E-state index is 0.446. The minimum Gasteiger partial charge on any atom is -0.464 e. The lowest BCUT2D eigenvalue weighted by molar-refractivity contribution is 0.175. The van der Waals surface area contributed by atoms with Crippen LogP contribution in [0.5, 0.6) is 0 Å². The molecule has 27 heavy (non-hydrogen) atoms. The Bertz CT molecular complexity index is 726. The Morgan fingerprint density at radius 1 is 1.11 bits per heavy atom. The summed E-state index contributed by atoms with van der Waals surface area (Å²) in [7, 11) is 0. The molecule has 2 saturated heterocycles. The van der Waals surface area contributed by atoms with Crippen LogP contribution >= 0.6 is 0 Å². The van der Waals surface area contributed by atoms with Crippen molar-refractivity contribution in [2.75, 3.05) is 13.1 Å². The van der Waals surface area contributed by atoms with Gasteiger partial charge >= 0.3 is 0 Å². The van der Waals surface area contributed by atoms with Crippen molar-refractivity contribution in [2.45, 2.75) is 77.0 Å². The molecule has 2 fully saturated rings. The number of hydrogen-bond acceptors (Lipinski definition) is 4. The van der Waals surface area contributed by atoms with E-state index < -0.39 is 0 Å². The highest BCUT2D eigenvalue weighted by molar-refractivity contribution is 5.16. The molecule has 2 aliphatic heterocycles. The lowest BCUT2D eigenvalue weighted by Crippen LogP contribution is -2.33. The molecule has 4 rings (SSSR count). The molecule has 2 aliphatic rings. The largest absolute Gasteiger partial charge is 0.464 e. The molecule has 4 heterocycles. The summed E-state index contributed by atoms with van der Waals surface area (Å²) in [6.45, 7) is 9.09. The van der Waals surface area contributed by atoms with Gasteiger partial charge in [-0.15, -0.1) is 0 Å². The normalized spacial score (nSPS) is 27.0. The molecule has 4 nitrogen and oxygen atoms in total. The smallest absolute Gasteiger partial charge is 0.121 e. The summed E-state index contributed by atoms with van der Waals surface area (Å²) in [4.78, 5) is 9.80. The topological polar surface area (TPSA) is 32.5 Å². The van der Waals surface area contributed by atoms with E-state index in [9.17, 15) is 0 Å². The lowest BCUT2D eigenvalue weighted by Gasteiger charge is -2.28. The highest BCUT2D eigenvalue weighted by Gasteiger charge is 2.35. The van der Waals surface area contributed by atoms with E-state index in [4.69, 9.17) is 4.42 Å². The summed E-state index contributed by atoms with van der Waals surface area (Å²) < 4.78 is 6.36. The second-order valence-corrected chi connectivity index (χ2v) is 8.33. The highest BCUT2D eigenvalue weighted by Crippen LogP contribution is 2.38. The molecule has 146 valence electrons. The van der Waals surface area contributed by atoms with E-state index in [1.807, 2.05) is 12.3 Å². The van der Waals surface area contributed by atoms with Crippen LogP contribution in [0, 0.1) is 0 Å². The number of hydrogen-bond donors (Lipinski definition) is 0. The second kappa shape index (κ2) is 8.15. The molecule has 0 bridgehead atoms. The van der Waals surface area contributed by atoms with E-state index in [2.05, 4.69) is 59.8 Å². The highest BCUT2D eigenvalue weighted by atomic mass is 16.3. The Morgan fingerprint density at radius 2 is 2.00 bits per heavy atom. The van der Waals surface area contributed by atoms with E-state index in [-0.39, 0.29) is 0 Å². The Kier molecular flexibility index (Phi) is 5.65. The summed E-state index contributed by atoms with van der Waals surface area (Å²) in [5.74, 6) is 2.31. The predicted octanol–water partition coefficient (Wildman–Crippen LogP) is 4.99. The van der Waals surface area contributed by atoms with Gasteiger partial charge < -0.3 is 4.42 Å². The number of nitrogens with zero attached hydrogens (tertiary/aromatic N) is 3. The van der Waals surface area contributed by atoms with Crippen molar-refractivity contribution in [3.63, 3.8) is 0 Å². The van der Waals surface area contributed by atoms with Crippen LogP contribution < -0.4 is 0 Å². The zero-order chi connectivity index (χ0) is 18.8. The van der Waals surface area contributed by atoms with Gasteiger partial charge in [-0.2, -0.15) is 0 Å². The number of pyridine rings is 1. The monoisotopic (exact) mass is 367 g/mol. The number of likely N-dealkylation sites (N-methyl/N-ethyl adjacent to an activating group) is 1. The molecule has 2 aromatic rings. The Morgan fingerprint density at radius 3 is 2.74 bits per heavy atom. The van der Waals surface area contributed by atoms with Crippen LogP contribution in [-0.4, -0.2) is 40.0 Å². The molecular formula is C23H33N3O. The summed E-state index contributed by atoms with van der Waals surface area (Å²) in [5, 5.41) is 0. The van der Waals surface area contributed by atoms with Crippen LogP contribution in [-0.2, 0) is 6.42 Å². The van der Waals surface area contributed by atoms with E-state index in [1.165, 1.54) is 43.7 Å². The van der Waals surface area contributed by atoms with Gasteiger partial charge in [0.25, 0.3) is 0 Å². The van der Waals surface area contributed by atoms with Gasteiger partial charge in [0.05, 0.1) is 17.8 Å². The van der Waals surface area contributed by atoms with Gasteiger partial charge in [0.1, 0.15) is 11.5 Å². The summed E-state index contributed by atoms with van der Waals surface area (Å²) in [5.41, 5.74) is 1.21. The first-order valence-corrected chi connectivity index (χ1v) is 10.7. The lowest BCUT2D eigenvalue weighted by atomic mass is 10.1. The number of furan rings is 1. The Labute approximate surface area is 163 Å². The minimum absolute atomic E-state index is 0.446. The maximum atomic E-state index is 6.36. The maximum absolute atomic E-state index is 6.36. The van der Waals surface area contributed by atoms with Crippen LogP contribution in [0.4, 0.5) is 0 Å². The average Bonchev–Trinajstić information content (AvgIpc) is 3.41. The first-order valence-electron chi connectivity index (χ1n) is 10.7. The van der Waals surface area contributed by atoms with Gasteiger partial charge in [0, 0.05) is 24.7 Å². The van der Waals surface area contributed by atoms with Crippen molar-refractivity contribution in [3.8, 4) is 0 Å². The zero-order valence-corrected chi connectivity index (χ0v) is 17.0. The van der Waals surface area contributed by atoms with Crippen LogP contribution in [0.3, 0.4) is 0 Å². The number of aromatic nitrogens is 1. The molecule has 0 radical (unpaired) electrons. The van der Waals surface area contributed by atoms with Crippen LogP contribution in [0.1, 0.15) is 75.8 Å². The first-order chi connectivity index (χ1) is 13.2. The van der Waals surface area contributed by atoms with Crippen molar-refractivity contribution in [3.05, 3.63) is 53.7 Å². The maximum Gasteiger partial charge on any atom is 0.121 e. The van der Waals surface area contributed by atoms with Crippen molar-refractivity contribution in [1.82, 2.24) is 14.8 Å². The molecule has 0 aromatic carbocycles. The van der Waals surface area contributed by atoms with Crippen molar-refractivity contribution in [1.29, 1.82) is 0 Å². The molecule has 0 saturated carbocycles. The third-order valence-corrected chi connectivity index (χ3v) is 6.44. The molecule has 4 heteroatoms. The van der Waals surface area contributed by atoms with Gasteiger partial charge in [-0.1, -0.05) is 13.0 Å². The summed E-state index contributed by atoms with van der Waals surface area (Å²) >= 11 is 0. The van der Waals surface area contributed by atoms with Gasteiger partial charge in [-0.25, -0.2) is 0 Å². The third-order valence-electron chi connectivity index (χ3n) is 6.44. The first kappa shape index (κ1) is 18.7. The predicted molar refractivity (Wildman–Crippen MR) is 109 cm³/mol. The Hall–Kier alpha value is -1.65. The molecule has 3 atom stereocenters. The molecule has 3 unspecified atom stereocenters. The molecular weight excluding hydrogens is 334 g/mol. The van der Waals surface area contributed by atoms with Crippen molar-refractivity contribution in [2.24, 2.45) is 0 Å². The van der Waals surface area contributed by atoms with Crippen molar-refractivity contribution < 1.29 is 4.42 Å². The van der Waals surface area contributed by atoms with E-state index in [0.717, 1.165) is 18.7 Å². The van der Waals surface area contributed by atoms with Crippen LogP contribution in [0.2, 0.25) is 0 Å². The third kappa shape index (κ3) is 3.83. The second-order valence-electron chi connectivity index (χ2n) is 8.33. The van der Waals surface area contributed by atoms with E-state index in [1.54, 1.807) is 0 Å². The molecule has 0 N–H and O–H groups in total. The molecule has 0 spiro atoms. The van der Waals surface area contributed by atoms with Crippen molar-refractivity contribution >= 4 is 0 Å². The summed E-state index contributed by atoms with van der Waals surface area (Å²) in [6, 6.07) is 12.7. The zero-order valence-electron chi connectivity index (χ0n) is 17.0. The number of rotatable bonds is 6. The van der Waals surface area contributed by atoms with Gasteiger partial charge in [-0.3, -0.25) is 14.8 Å². The van der Waals surface area contributed by atoms with Crippen LogP contribution in [0.25, 0.3) is 0 Å². The standard InChI is InChI=1S/C23H33N3O/c1-4-25-18(10-12-21(25)20-8-5-6-14-24-20)16-19-11-13-23(27-19)22-9-7-15-26(22)17(2)3/h5-6,8,11,13-14,17-18,21-22H,4,7,9-10,12,15-16H2,1-3H3. The average molecular weight is 368 g/mol. The number of likely N-dealkylation sites (tertiary alicyclic amines) is 2. The van der Waals surface area contributed by atoms with E-state index in [0.29, 0.717) is 24.2 Å². The SMILES string of the molecule is CCN1C(Cc2ccc(C3CCCN3C(C)C)o2)CCC1c1ccccn1. The summed E-state index contributed by atoms with van der Waals surface area (Å²) in [6.07, 6.45) is 7.82. The van der Waals surface area contributed by atoms with Gasteiger partial charge in [0.15, 0.2) is 0 Å². The fourth-order valence-corrected chi connectivity index (χ4v) is 5.15. The molecule has 0 aliphatic carbocycles. The van der Waals surface area contributed by atoms with Gasteiger partial charge in [0.2, 0.25) is 0 Å². The van der Waals surface area contributed by atoms with E-state index >= 15 is 0 Å². The quantitative estimate of drug-likeness (QED) is 0.720. The fourth-order valence-electron chi connectivity index (χ4n) is 5.15. The van der Waals surface area contributed by atoms with Crippen LogP contribution in [0.15, 0.2) is 40.9 Å². The Balaban J connectivity index is 1.44. The van der Waals surface area contributed by atoms with Gasteiger partial charge in [-0.05, 0) is 76.9 Å². The molecule has 2 aromatic heterocycles. The fraction of sp³-hybridized carbons (Fsp3) is 0.609. The molecule has 0 amide bonds.